The van der Waals surface area contributed by atoms with Gasteiger partial charge in [0.2, 0.25) is 0 Å². The van der Waals surface area contributed by atoms with Gasteiger partial charge in [-0.2, -0.15) is 0 Å². The fraction of sp³-hybridized carbons (Fsp3) is 0.500. The number of carbonyl (C=O) groups excluding carboxylic acids is 1. The zero-order valence-electron chi connectivity index (χ0n) is 14.1. The molecule has 0 aliphatic heterocycles. The zero-order valence-corrected chi connectivity index (χ0v) is 14.1. The van der Waals surface area contributed by atoms with Gasteiger partial charge in [0.15, 0.2) is 0 Å². The van der Waals surface area contributed by atoms with Gasteiger partial charge in [0, 0.05) is 30.2 Å². The molecule has 24 heavy (non-hydrogen) atoms. The van der Waals surface area contributed by atoms with Gasteiger partial charge in [-0.1, -0.05) is 0 Å². The first-order valence-corrected chi connectivity index (χ1v) is 8.35. The van der Waals surface area contributed by atoms with E-state index >= 15 is 0 Å². The number of hydrogen-bond donors (Lipinski definition) is 2. The van der Waals surface area contributed by atoms with Crippen LogP contribution in [-0.2, 0) is 4.74 Å². The fourth-order valence-electron chi connectivity index (χ4n) is 3.35. The van der Waals surface area contributed by atoms with Gasteiger partial charge in [-0.3, -0.25) is 0 Å². The molecule has 0 spiro atoms. The Bertz CT molecular complexity index is 715. The van der Waals surface area contributed by atoms with E-state index in [1.54, 1.807) is 12.1 Å². The number of methoxy groups -OCH3 is 1. The summed E-state index contributed by atoms with van der Waals surface area (Å²) in [5.74, 6) is 0.942. The van der Waals surface area contributed by atoms with Crippen LogP contribution >= 0.6 is 0 Å². The number of halogens is 1. The summed E-state index contributed by atoms with van der Waals surface area (Å²) in [5.41, 5.74) is 2.23. The van der Waals surface area contributed by atoms with Crippen LogP contribution in [0.3, 0.4) is 0 Å². The number of aromatic nitrogens is 1. The van der Waals surface area contributed by atoms with Gasteiger partial charge < -0.3 is 19.9 Å². The van der Waals surface area contributed by atoms with Crippen molar-refractivity contribution in [1.29, 1.82) is 0 Å². The molecule has 1 amide bonds. The van der Waals surface area contributed by atoms with Crippen LogP contribution in [0.25, 0.3) is 10.9 Å². The van der Waals surface area contributed by atoms with E-state index in [0.717, 1.165) is 36.8 Å². The van der Waals surface area contributed by atoms with Gasteiger partial charge in [-0.25, -0.2) is 9.18 Å². The second-order valence-corrected chi connectivity index (χ2v) is 6.57. The summed E-state index contributed by atoms with van der Waals surface area (Å²) < 4.78 is 18.0. The van der Waals surface area contributed by atoms with E-state index < -0.39 is 0 Å². The van der Waals surface area contributed by atoms with Crippen molar-refractivity contribution in [2.24, 2.45) is 5.92 Å². The molecule has 1 heterocycles. The summed E-state index contributed by atoms with van der Waals surface area (Å²) in [4.78, 5) is 16.5. The number of hydrogen-bond acceptors (Lipinski definition) is 3. The molecule has 1 aliphatic rings. The molecule has 2 aromatic rings. The summed E-state index contributed by atoms with van der Waals surface area (Å²) in [6.07, 6.45) is 3.68. The first-order valence-electron chi connectivity index (χ1n) is 8.35. The van der Waals surface area contributed by atoms with Gasteiger partial charge in [0.1, 0.15) is 5.82 Å². The molecule has 0 radical (unpaired) electrons. The van der Waals surface area contributed by atoms with Crippen molar-refractivity contribution in [1.82, 2.24) is 15.2 Å². The maximum absolute atomic E-state index is 13.5. The molecule has 5 nitrogen and oxygen atoms in total. The van der Waals surface area contributed by atoms with Crippen LogP contribution in [0.1, 0.15) is 24.3 Å². The summed E-state index contributed by atoms with van der Waals surface area (Å²) in [5, 5.41) is 3.69. The van der Waals surface area contributed by atoms with E-state index in [1.807, 2.05) is 6.20 Å². The number of ether oxygens (including phenoxy) is 1. The molecule has 1 aromatic heterocycles. The average Bonchev–Trinajstić information content (AvgIpc) is 3.19. The standard InChI is InChI=1S/C18H24FN3O2/c1-22(7-3-6-20-18(23)24-2)11-12-8-14(12)16-10-21-17-5-4-13(19)9-15(16)17/h4-5,9-10,12,14,21H,3,6-8,11H2,1-2H3,(H,20,23). The number of aromatic amines is 1. The lowest BCUT2D eigenvalue weighted by atomic mass is 10.1. The minimum atomic E-state index is -0.383. The highest BCUT2D eigenvalue weighted by Crippen LogP contribution is 2.49. The van der Waals surface area contributed by atoms with Crippen molar-refractivity contribution in [3.63, 3.8) is 0 Å². The highest BCUT2D eigenvalue weighted by atomic mass is 19.1. The van der Waals surface area contributed by atoms with E-state index in [4.69, 9.17) is 0 Å². The second kappa shape index (κ2) is 7.21. The Kier molecular flexibility index (Phi) is 5.04. The molecular formula is C18H24FN3O2. The van der Waals surface area contributed by atoms with Crippen LogP contribution in [0.5, 0.6) is 0 Å². The molecule has 1 aliphatic carbocycles. The summed E-state index contributed by atoms with van der Waals surface area (Å²) in [6, 6.07) is 4.91. The second-order valence-electron chi connectivity index (χ2n) is 6.57. The molecule has 130 valence electrons. The van der Waals surface area contributed by atoms with Crippen molar-refractivity contribution in [3.8, 4) is 0 Å². The van der Waals surface area contributed by atoms with Crippen LogP contribution in [0, 0.1) is 11.7 Å². The van der Waals surface area contributed by atoms with Crippen LogP contribution < -0.4 is 5.32 Å². The third-order valence-corrected chi connectivity index (χ3v) is 4.72. The molecule has 2 atom stereocenters. The molecule has 3 rings (SSSR count). The van der Waals surface area contributed by atoms with E-state index in [1.165, 1.54) is 18.7 Å². The Morgan fingerprint density at radius 3 is 3.12 bits per heavy atom. The van der Waals surface area contributed by atoms with Crippen LogP contribution in [0.15, 0.2) is 24.4 Å². The van der Waals surface area contributed by atoms with Gasteiger partial charge in [-0.15, -0.1) is 0 Å². The van der Waals surface area contributed by atoms with Gasteiger partial charge in [0.05, 0.1) is 7.11 Å². The Morgan fingerprint density at radius 2 is 2.33 bits per heavy atom. The third-order valence-electron chi connectivity index (χ3n) is 4.72. The maximum Gasteiger partial charge on any atom is 0.406 e. The number of alkyl carbamates (subject to hydrolysis) is 1. The van der Waals surface area contributed by atoms with E-state index in [0.29, 0.717) is 18.4 Å². The maximum atomic E-state index is 13.5. The summed E-state index contributed by atoms with van der Waals surface area (Å²) >= 11 is 0. The summed E-state index contributed by atoms with van der Waals surface area (Å²) in [7, 11) is 3.47. The zero-order chi connectivity index (χ0) is 17.1. The highest BCUT2D eigenvalue weighted by molar-refractivity contribution is 5.84. The van der Waals surface area contributed by atoms with Gasteiger partial charge >= 0.3 is 6.09 Å². The van der Waals surface area contributed by atoms with Crippen molar-refractivity contribution < 1.29 is 13.9 Å². The third kappa shape index (κ3) is 3.87. The smallest absolute Gasteiger partial charge is 0.406 e. The summed E-state index contributed by atoms with van der Waals surface area (Å²) in [6.45, 7) is 2.56. The van der Waals surface area contributed by atoms with Crippen molar-refractivity contribution >= 4 is 17.0 Å². The number of rotatable bonds is 7. The molecule has 0 bridgehead atoms. The van der Waals surface area contributed by atoms with Gasteiger partial charge in [0.25, 0.3) is 0 Å². The molecule has 1 saturated carbocycles. The minimum absolute atomic E-state index is 0.184. The normalized spacial score (nSPS) is 19.7. The number of fused-ring (bicyclic) bond motifs is 1. The topological polar surface area (TPSA) is 57.4 Å². The van der Waals surface area contributed by atoms with Gasteiger partial charge in [-0.05, 0) is 62.0 Å². The number of carbonyl (C=O) groups is 1. The molecular weight excluding hydrogens is 309 g/mol. The highest BCUT2D eigenvalue weighted by Gasteiger charge is 2.40. The fourth-order valence-corrected chi connectivity index (χ4v) is 3.35. The average molecular weight is 333 g/mol. The number of benzene rings is 1. The Labute approximate surface area is 141 Å². The Hall–Kier alpha value is -2.08. The Balaban J connectivity index is 1.47. The number of nitrogens with zero attached hydrogens (tertiary/aromatic N) is 1. The van der Waals surface area contributed by atoms with Crippen molar-refractivity contribution in [3.05, 3.63) is 35.8 Å². The van der Waals surface area contributed by atoms with Crippen molar-refractivity contribution in [2.45, 2.75) is 18.8 Å². The van der Waals surface area contributed by atoms with Crippen molar-refractivity contribution in [2.75, 3.05) is 33.8 Å². The van der Waals surface area contributed by atoms with Crippen LogP contribution in [0.4, 0.5) is 9.18 Å². The quantitative estimate of drug-likeness (QED) is 0.766. The predicted molar refractivity (Wildman–Crippen MR) is 91.6 cm³/mol. The van der Waals surface area contributed by atoms with E-state index in [-0.39, 0.29) is 11.9 Å². The Morgan fingerprint density at radius 1 is 1.50 bits per heavy atom. The largest absolute Gasteiger partial charge is 0.453 e. The first kappa shape index (κ1) is 16.8. The molecule has 2 N–H and O–H groups in total. The predicted octanol–water partition coefficient (Wildman–Crippen LogP) is 3.09. The molecule has 6 heteroatoms. The van der Waals surface area contributed by atoms with E-state index in [2.05, 4.69) is 27.0 Å². The molecule has 2 unspecified atom stereocenters. The molecule has 1 fully saturated rings. The lowest BCUT2D eigenvalue weighted by Gasteiger charge is -2.16. The molecule has 0 saturated heterocycles. The molecule has 1 aromatic carbocycles. The lowest BCUT2D eigenvalue weighted by Crippen LogP contribution is -2.29. The first-order chi connectivity index (χ1) is 11.6. The van der Waals surface area contributed by atoms with Crippen LogP contribution in [-0.4, -0.2) is 49.8 Å². The number of nitrogens with one attached hydrogen (secondary N) is 2. The van der Waals surface area contributed by atoms with E-state index in [9.17, 15) is 9.18 Å². The van der Waals surface area contributed by atoms with Crippen LogP contribution in [0.2, 0.25) is 0 Å². The monoisotopic (exact) mass is 333 g/mol. The lowest BCUT2D eigenvalue weighted by molar-refractivity contribution is 0.170. The number of H-pyrrole nitrogens is 1. The SMILES string of the molecule is COC(=O)NCCCN(C)CC1CC1c1c[nH]c2ccc(F)cc12. The minimum Gasteiger partial charge on any atom is -0.453 e. The number of amides is 1.